The number of likely N-dealkylation sites (N-methyl/N-ethyl adjacent to an activating group) is 1. The van der Waals surface area contributed by atoms with Crippen LogP contribution in [0.2, 0.25) is 5.02 Å². The lowest BCUT2D eigenvalue weighted by Crippen LogP contribution is -2.43. The largest absolute Gasteiger partial charge is 0.464 e. The van der Waals surface area contributed by atoms with E-state index in [1.54, 1.807) is 0 Å². The molecule has 14 heteroatoms. The first-order valence-electron chi connectivity index (χ1n) is 13.9. The van der Waals surface area contributed by atoms with E-state index in [4.69, 9.17) is 21.5 Å². The van der Waals surface area contributed by atoms with Gasteiger partial charge in [-0.15, -0.1) is 12.4 Å². The van der Waals surface area contributed by atoms with Gasteiger partial charge in [-0.25, -0.2) is 22.0 Å². The van der Waals surface area contributed by atoms with Crippen LogP contribution in [-0.2, 0) is 29.6 Å². The number of esters is 1. The highest BCUT2D eigenvalue weighted by atomic mass is 35.5. The lowest BCUT2D eigenvalue weighted by Gasteiger charge is -2.43. The first-order chi connectivity index (χ1) is 18.4. The van der Waals surface area contributed by atoms with Gasteiger partial charge in [-0.3, -0.25) is 4.79 Å². The van der Waals surface area contributed by atoms with E-state index in [1.807, 2.05) is 0 Å². The van der Waals surface area contributed by atoms with Crippen LogP contribution >= 0.6 is 24.0 Å². The smallest absolute Gasteiger partial charge is 0.312 e. The Morgan fingerprint density at radius 2 is 1.70 bits per heavy atom. The Morgan fingerprint density at radius 1 is 1.10 bits per heavy atom. The molecule has 0 unspecified atom stereocenters. The van der Waals surface area contributed by atoms with Crippen molar-refractivity contribution in [2.24, 2.45) is 16.5 Å². The van der Waals surface area contributed by atoms with E-state index in [1.165, 1.54) is 57.4 Å². The molecule has 0 radical (unpaired) electrons. The summed E-state index contributed by atoms with van der Waals surface area (Å²) in [6.45, 7) is 7.84. The molecule has 0 aromatic heterocycles. The number of fused-ring (bicyclic) bond motifs is 1. The summed E-state index contributed by atoms with van der Waals surface area (Å²) in [7, 11) is -7.80. The van der Waals surface area contributed by atoms with Gasteiger partial charge in [0.2, 0.25) is 20.0 Å². The zero-order chi connectivity index (χ0) is 28.7. The number of sulfonamides is 2. The van der Waals surface area contributed by atoms with Gasteiger partial charge < -0.3 is 15.0 Å². The Bertz CT molecular complexity index is 1200. The van der Waals surface area contributed by atoms with Gasteiger partial charge in [0, 0.05) is 6.54 Å². The average Bonchev–Trinajstić information content (AvgIpc) is 2.91. The molecule has 1 aromatic carbocycles. The van der Waals surface area contributed by atoms with Crippen LogP contribution < -0.4 is 15.2 Å². The van der Waals surface area contributed by atoms with Crippen molar-refractivity contribution in [3.05, 3.63) is 17.2 Å². The Balaban J connectivity index is 0.000000282. The molecular formula is C26H44Cl2N4O6S2. The minimum Gasteiger partial charge on any atom is -0.464 e. The molecule has 2 fully saturated rings. The maximum atomic E-state index is 12.9. The number of ether oxygens (including phenoxy) is 1. The number of nitrogens with two attached hydrogens (primary N) is 1. The van der Waals surface area contributed by atoms with Crippen molar-refractivity contribution in [1.29, 1.82) is 0 Å². The van der Waals surface area contributed by atoms with E-state index >= 15 is 0 Å². The molecule has 10 nitrogen and oxygen atoms in total. The third-order valence-electron chi connectivity index (χ3n) is 8.25. The molecule has 0 saturated heterocycles. The Labute approximate surface area is 250 Å². The lowest BCUT2D eigenvalue weighted by atomic mass is 9.62. The average molecular weight is 644 g/mol. The van der Waals surface area contributed by atoms with Crippen molar-refractivity contribution in [2.45, 2.75) is 87.8 Å². The molecule has 40 heavy (non-hydrogen) atoms. The fourth-order valence-corrected chi connectivity index (χ4v) is 8.27. The molecular weight excluding hydrogens is 599 g/mol. The number of halogens is 2. The third-order valence-corrected chi connectivity index (χ3v) is 11.1. The van der Waals surface area contributed by atoms with Crippen LogP contribution in [0.1, 0.15) is 78.1 Å². The lowest BCUT2D eigenvalue weighted by molar-refractivity contribution is -0.164. The highest BCUT2D eigenvalue weighted by Crippen LogP contribution is 2.49. The summed E-state index contributed by atoms with van der Waals surface area (Å²) in [5, 5.41) is 7.53. The van der Waals surface area contributed by atoms with Crippen molar-refractivity contribution in [3.8, 4) is 0 Å². The van der Waals surface area contributed by atoms with Gasteiger partial charge in [-0.05, 0) is 56.8 Å². The molecule has 2 aliphatic carbocycles. The molecule has 2 saturated carbocycles. The van der Waals surface area contributed by atoms with E-state index in [9.17, 15) is 21.6 Å². The first kappa shape index (κ1) is 35.0. The predicted octanol–water partition coefficient (Wildman–Crippen LogP) is 4.47. The predicted molar refractivity (Wildman–Crippen MR) is 160 cm³/mol. The van der Waals surface area contributed by atoms with Gasteiger partial charge >= 0.3 is 5.97 Å². The summed E-state index contributed by atoms with van der Waals surface area (Å²) in [5.74, 6) is 0.716. The van der Waals surface area contributed by atoms with Crippen LogP contribution in [0, 0.1) is 11.3 Å². The topological polar surface area (TPSA) is 148 Å². The maximum absolute atomic E-state index is 12.9. The number of carbonyl (C=O) groups is 1. The number of hydrogen-bond acceptors (Lipinski definition) is 8. The zero-order valence-corrected chi connectivity index (χ0v) is 26.6. The molecule has 3 aliphatic rings. The molecule has 0 bridgehead atoms. The summed E-state index contributed by atoms with van der Waals surface area (Å²) in [6.07, 6.45) is 12.3. The summed E-state index contributed by atoms with van der Waals surface area (Å²) in [6, 6.07) is 2.15. The molecule has 4 N–H and O–H groups in total. The summed E-state index contributed by atoms with van der Waals surface area (Å²) in [4.78, 5) is 14.6. The summed E-state index contributed by atoms with van der Waals surface area (Å²) < 4.78 is 53.7. The Kier molecular flexibility index (Phi) is 13.5. The van der Waals surface area contributed by atoms with Gasteiger partial charge in [0.1, 0.15) is 16.4 Å². The zero-order valence-electron chi connectivity index (χ0n) is 23.4. The molecule has 1 heterocycles. The number of carbonyl (C=O) groups excluding carboxylic acids is 1. The van der Waals surface area contributed by atoms with E-state index in [0.717, 1.165) is 38.5 Å². The van der Waals surface area contributed by atoms with E-state index in [2.05, 4.69) is 28.8 Å². The van der Waals surface area contributed by atoms with Crippen molar-refractivity contribution in [1.82, 2.24) is 9.62 Å². The molecule has 1 aromatic rings. The number of benzene rings is 1. The fourth-order valence-electron chi connectivity index (χ4n) is 5.99. The number of primary sulfonamides is 1. The van der Waals surface area contributed by atoms with E-state index in [0.29, 0.717) is 12.5 Å². The minimum atomic E-state index is -4.07. The molecule has 230 valence electrons. The Morgan fingerprint density at radius 3 is 2.27 bits per heavy atom. The monoisotopic (exact) mass is 642 g/mol. The molecule has 4 rings (SSSR count). The minimum absolute atomic E-state index is 0. The molecule has 0 spiro atoms. The van der Waals surface area contributed by atoms with Gasteiger partial charge in [0.05, 0.1) is 22.8 Å². The van der Waals surface area contributed by atoms with Gasteiger partial charge in [-0.2, -0.15) is 4.72 Å². The number of nitrogens with one attached hydrogen (secondary N) is 2. The normalized spacial score (nSPS) is 20.2. The second-order valence-electron chi connectivity index (χ2n) is 10.5. The van der Waals surface area contributed by atoms with Crippen LogP contribution in [0.25, 0.3) is 0 Å². The van der Waals surface area contributed by atoms with Crippen molar-refractivity contribution < 1.29 is 26.4 Å². The first-order valence-corrected chi connectivity index (χ1v) is 17.3. The van der Waals surface area contributed by atoms with Gasteiger partial charge in [0.15, 0.2) is 0 Å². The van der Waals surface area contributed by atoms with Crippen LogP contribution in [0.5, 0.6) is 0 Å². The summed E-state index contributed by atoms with van der Waals surface area (Å²) in [5.41, 5.74) is 0.100. The van der Waals surface area contributed by atoms with Crippen LogP contribution in [0.4, 0.5) is 5.69 Å². The summed E-state index contributed by atoms with van der Waals surface area (Å²) >= 11 is 5.72. The van der Waals surface area contributed by atoms with Crippen molar-refractivity contribution in [3.63, 3.8) is 0 Å². The Hall–Kier alpha value is -1.15. The second kappa shape index (κ2) is 15.4. The van der Waals surface area contributed by atoms with Gasteiger partial charge in [-0.1, -0.05) is 64.0 Å². The number of nitrogens with zero attached hydrogens (tertiary/aromatic N) is 1. The SMILES string of the molecule is CCN(CC)CCOC(=O)C1(C2CCCCC2)CCCCC1.Cl.NS(=O)(=O)c1cc2c(cc1Cl)NCNS2(=O)=O. The highest BCUT2D eigenvalue weighted by Gasteiger charge is 2.47. The third kappa shape index (κ3) is 8.68. The maximum Gasteiger partial charge on any atom is 0.312 e. The number of rotatable bonds is 8. The standard InChI is InChI=1S/C19H35NO2.C7H8ClN3O4S2.ClH/c1-3-20(4-2)15-16-22-18(21)19(13-9-6-10-14-19)17-11-7-5-8-12-17;8-4-1-5-7(2-6(4)16(9,12)13)17(14,15)11-3-10-5;/h17H,3-16H2,1-2H3;1-2,10-11H,3H2,(H2,9,12,13);1H. The quantitative estimate of drug-likeness (QED) is 0.352. The molecule has 0 amide bonds. The molecule has 1 aliphatic heterocycles. The number of hydrogen-bond donors (Lipinski definition) is 3. The van der Waals surface area contributed by atoms with Crippen LogP contribution in [-0.4, -0.2) is 60.6 Å². The van der Waals surface area contributed by atoms with Crippen molar-refractivity contribution in [2.75, 3.05) is 38.2 Å². The van der Waals surface area contributed by atoms with Crippen LogP contribution in [0.3, 0.4) is 0 Å². The molecule has 0 atom stereocenters. The van der Waals surface area contributed by atoms with E-state index in [-0.39, 0.29) is 46.1 Å². The number of anilines is 1. The highest BCUT2D eigenvalue weighted by molar-refractivity contribution is 7.90. The van der Waals surface area contributed by atoms with Crippen molar-refractivity contribution >= 4 is 55.7 Å². The fraction of sp³-hybridized carbons (Fsp3) is 0.731. The van der Waals surface area contributed by atoms with E-state index < -0.39 is 24.9 Å². The van der Waals surface area contributed by atoms with Crippen LogP contribution in [0.15, 0.2) is 21.9 Å². The van der Waals surface area contributed by atoms with Gasteiger partial charge in [0.25, 0.3) is 0 Å². The second-order valence-corrected chi connectivity index (χ2v) is 14.2.